The van der Waals surface area contributed by atoms with Crippen LogP contribution < -0.4 is 5.32 Å². The van der Waals surface area contributed by atoms with Gasteiger partial charge in [0, 0.05) is 11.3 Å². The smallest absolute Gasteiger partial charge is 0.215 e. The number of nitrogens with zero attached hydrogens (tertiary/aromatic N) is 1. The SMILES string of the molecule is CC(C)=NC(=N)NC(C)(C)C. The number of rotatable bonds is 0. The fourth-order valence-electron chi connectivity index (χ4n) is 0.607. The largest absolute Gasteiger partial charge is 0.350 e. The third-order valence-corrected chi connectivity index (χ3v) is 0.829. The molecule has 0 aliphatic carbocycles. The molecule has 0 saturated carbocycles. The quantitative estimate of drug-likeness (QED) is 0.406. The molecule has 0 radical (unpaired) electrons. The summed E-state index contributed by atoms with van der Waals surface area (Å²) in [6.45, 7) is 9.75. The maximum Gasteiger partial charge on any atom is 0.215 e. The molecule has 0 aromatic heterocycles. The second kappa shape index (κ2) is 3.51. The van der Waals surface area contributed by atoms with Crippen molar-refractivity contribution in [1.82, 2.24) is 5.32 Å². The number of aliphatic imine (C=N–C) groups is 1. The lowest BCUT2D eigenvalue weighted by molar-refractivity contribution is 0.508. The minimum absolute atomic E-state index is 0.0734. The predicted molar refractivity (Wildman–Crippen MR) is 49.4 cm³/mol. The summed E-state index contributed by atoms with van der Waals surface area (Å²) in [5.41, 5.74) is 0.822. The topological polar surface area (TPSA) is 48.2 Å². The van der Waals surface area contributed by atoms with Crippen LogP contribution in [0.2, 0.25) is 0 Å². The van der Waals surface area contributed by atoms with Crippen LogP contribution in [0.1, 0.15) is 34.6 Å². The Bertz CT molecular complexity index is 170. The van der Waals surface area contributed by atoms with E-state index in [2.05, 4.69) is 10.3 Å². The van der Waals surface area contributed by atoms with Crippen molar-refractivity contribution in [3.05, 3.63) is 0 Å². The summed E-state index contributed by atoms with van der Waals surface area (Å²) >= 11 is 0. The number of guanidine groups is 1. The molecule has 0 atom stereocenters. The molecule has 0 rings (SSSR count). The van der Waals surface area contributed by atoms with Crippen molar-refractivity contribution >= 4 is 11.7 Å². The maximum atomic E-state index is 7.38. The van der Waals surface area contributed by atoms with Gasteiger partial charge in [0.25, 0.3) is 0 Å². The van der Waals surface area contributed by atoms with E-state index in [9.17, 15) is 0 Å². The Labute approximate surface area is 68.4 Å². The molecule has 0 saturated heterocycles. The summed E-state index contributed by atoms with van der Waals surface area (Å²) in [5.74, 6) is 0.234. The number of hydrogen-bond donors (Lipinski definition) is 2. The van der Waals surface area contributed by atoms with Crippen LogP contribution in [0, 0.1) is 5.41 Å². The van der Waals surface area contributed by atoms with Gasteiger partial charge < -0.3 is 5.32 Å². The van der Waals surface area contributed by atoms with Crippen molar-refractivity contribution in [2.24, 2.45) is 4.99 Å². The normalized spacial score (nSPS) is 10.6. The minimum Gasteiger partial charge on any atom is -0.350 e. The molecule has 0 bridgehead atoms. The first-order valence-corrected chi connectivity index (χ1v) is 3.70. The monoisotopic (exact) mass is 155 g/mol. The number of hydrogen-bond acceptors (Lipinski definition) is 1. The molecule has 0 aliphatic heterocycles. The van der Waals surface area contributed by atoms with Gasteiger partial charge in [-0.2, -0.15) is 0 Å². The van der Waals surface area contributed by atoms with Gasteiger partial charge in [-0.05, 0) is 34.6 Å². The van der Waals surface area contributed by atoms with E-state index in [4.69, 9.17) is 5.41 Å². The summed E-state index contributed by atoms with van der Waals surface area (Å²) in [7, 11) is 0. The summed E-state index contributed by atoms with van der Waals surface area (Å²) in [5, 5.41) is 10.3. The van der Waals surface area contributed by atoms with E-state index in [1.807, 2.05) is 34.6 Å². The average Bonchev–Trinajstić information content (AvgIpc) is 1.53. The molecule has 0 fully saturated rings. The molecule has 0 aromatic carbocycles. The first kappa shape index (κ1) is 10.1. The molecule has 0 amide bonds. The lowest BCUT2D eigenvalue weighted by Gasteiger charge is -2.20. The summed E-state index contributed by atoms with van der Waals surface area (Å²) in [4.78, 5) is 3.95. The molecule has 0 aliphatic rings. The molecule has 0 heterocycles. The molecule has 0 unspecified atom stereocenters. The standard InChI is InChI=1S/C8H17N3/c1-6(2)10-7(9)11-8(3,4)5/h1-5H3,(H2,9,11). The summed E-state index contributed by atoms with van der Waals surface area (Å²) in [6.07, 6.45) is 0. The predicted octanol–water partition coefficient (Wildman–Crippen LogP) is 1.79. The van der Waals surface area contributed by atoms with Crippen LogP contribution in [0.3, 0.4) is 0 Å². The Kier molecular flexibility index (Phi) is 3.23. The average molecular weight is 155 g/mol. The zero-order valence-electron chi connectivity index (χ0n) is 7.95. The molecular formula is C8H17N3. The van der Waals surface area contributed by atoms with Gasteiger partial charge in [-0.3, -0.25) is 5.41 Å². The van der Waals surface area contributed by atoms with Crippen LogP contribution in [-0.2, 0) is 0 Å². The van der Waals surface area contributed by atoms with E-state index in [1.54, 1.807) is 0 Å². The molecule has 2 N–H and O–H groups in total. The van der Waals surface area contributed by atoms with Gasteiger partial charge in [-0.15, -0.1) is 0 Å². The van der Waals surface area contributed by atoms with Crippen molar-refractivity contribution in [3.63, 3.8) is 0 Å². The van der Waals surface area contributed by atoms with Gasteiger partial charge in [-0.25, -0.2) is 4.99 Å². The molecule has 3 heteroatoms. The first-order chi connectivity index (χ1) is 4.81. The van der Waals surface area contributed by atoms with Crippen molar-refractivity contribution in [3.8, 4) is 0 Å². The zero-order chi connectivity index (χ0) is 9.07. The second-order valence-electron chi connectivity index (χ2n) is 3.78. The fraction of sp³-hybridized carbons (Fsp3) is 0.750. The van der Waals surface area contributed by atoms with Crippen LogP contribution >= 0.6 is 0 Å². The van der Waals surface area contributed by atoms with E-state index < -0.39 is 0 Å². The summed E-state index contributed by atoms with van der Waals surface area (Å²) < 4.78 is 0. The third-order valence-electron chi connectivity index (χ3n) is 0.829. The van der Waals surface area contributed by atoms with Gasteiger partial charge >= 0.3 is 0 Å². The van der Waals surface area contributed by atoms with Crippen LogP contribution in [0.4, 0.5) is 0 Å². The molecule has 0 spiro atoms. The highest BCUT2D eigenvalue weighted by atomic mass is 15.1. The Morgan fingerprint density at radius 1 is 1.27 bits per heavy atom. The van der Waals surface area contributed by atoms with Crippen LogP contribution in [0.5, 0.6) is 0 Å². The van der Waals surface area contributed by atoms with E-state index in [0.29, 0.717) is 0 Å². The molecule has 64 valence electrons. The number of nitrogens with one attached hydrogen (secondary N) is 2. The highest BCUT2D eigenvalue weighted by molar-refractivity contribution is 5.93. The van der Waals surface area contributed by atoms with Gasteiger partial charge in [0.05, 0.1) is 0 Å². The van der Waals surface area contributed by atoms with Crippen molar-refractivity contribution in [1.29, 1.82) is 5.41 Å². The second-order valence-corrected chi connectivity index (χ2v) is 3.78. The zero-order valence-corrected chi connectivity index (χ0v) is 7.95. The van der Waals surface area contributed by atoms with E-state index >= 15 is 0 Å². The van der Waals surface area contributed by atoms with Gasteiger partial charge in [0.15, 0.2) is 0 Å². The lowest BCUT2D eigenvalue weighted by Crippen LogP contribution is -2.39. The molecular weight excluding hydrogens is 138 g/mol. The van der Waals surface area contributed by atoms with Gasteiger partial charge in [0.2, 0.25) is 5.96 Å². The van der Waals surface area contributed by atoms with E-state index in [1.165, 1.54) is 0 Å². The Hall–Kier alpha value is -0.860. The molecule has 0 aromatic rings. The van der Waals surface area contributed by atoms with Crippen molar-refractivity contribution in [2.45, 2.75) is 40.2 Å². The van der Waals surface area contributed by atoms with Crippen LogP contribution in [0.15, 0.2) is 4.99 Å². The molecule has 11 heavy (non-hydrogen) atoms. The highest BCUT2D eigenvalue weighted by Gasteiger charge is 2.09. The minimum atomic E-state index is -0.0734. The summed E-state index contributed by atoms with van der Waals surface area (Å²) in [6, 6.07) is 0. The van der Waals surface area contributed by atoms with E-state index in [0.717, 1.165) is 5.71 Å². The van der Waals surface area contributed by atoms with Crippen molar-refractivity contribution < 1.29 is 0 Å². The third kappa shape index (κ3) is 7.03. The Morgan fingerprint density at radius 2 is 1.73 bits per heavy atom. The fourth-order valence-corrected chi connectivity index (χ4v) is 0.607. The first-order valence-electron chi connectivity index (χ1n) is 3.70. The van der Waals surface area contributed by atoms with Crippen molar-refractivity contribution in [2.75, 3.05) is 0 Å². The maximum absolute atomic E-state index is 7.38. The van der Waals surface area contributed by atoms with Crippen LogP contribution in [0.25, 0.3) is 0 Å². The van der Waals surface area contributed by atoms with Crippen LogP contribution in [-0.4, -0.2) is 17.2 Å². The van der Waals surface area contributed by atoms with Gasteiger partial charge in [0.1, 0.15) is 0 Å². The van der Waals surface area contributed by atoms with E-state index in [-0.39, 0.29) is 11.5 Å². The Morgan fingerprint density at radius 3 is 2.00 bits per heavy atom. The van der Waals surface area contributed by atoms with Gasteiger partial charge in [-0.1, -0.05) is 0 Å². The highest BCUT2D eigenvalue weighted by Crippen LogP contribution is 1.98. The lowest BCUT2D eigenvalue weighted by atomic mass is 10.1. The Balaban J connectivity index is 4.00. The molecule has 3 nitrogen and oxygen atoms in total.